The van der Waals surface area contributed by atoms with E-state index in [9.17, 15) is 0 Å². The summed E-state index contributed by atoms with van der Waals surface area (Å²) < 4.78 is 1.99. The van der Waals surface area contributed by atoms with Gasteiger partial charge in [0.2, 0.25) is 0 Å². The van der Waals surface area contributed by atoms with E-state index in [-0.39, 0.29) is 12.4 Å². The molecule has 0 aliphatic carbocycles. The number of aryl methyl sites for hydroxylation is 1. The fourth-order valence-corrected chi connectivity index (χ4v) is 2.15. The Morgan fingerprint density at radius 3 is 2.76 bits per heavy atom. The molecule has 2 aromatic heterocycles. The van der Waals surface area contributed by atoms with E-state index >= 15 is 0 Å². The molecule has 2 aromatic rings. The molecule has 0 aliphatic rings. The van der Waals surface area contributed by atoms with E-state index in [0.29, 0.717) is 6.04 Å². The van der Waals surface area contributed by atoms with Crippen LogP contribution < -0.4 is 5.32 Å². The Morgan fingerprint density at radius 2 is 2.24 bits per heavy atom. The van der Waals surface area contributed by atoms with Crippen LogP contribution in [0.5, 0.6) is 0 Å². The van der Waals surface area contributed by atoms with Crippen molar-refractivity contribution in [2.24, 2.45) is 0 Å². The fraction of sp³-hybridized carbons (Fsp3) is 0.417. The summed E-state index contributed by atoms with van der Waals surface area (Å²) in [7, 11) is 0. The van der Waals surface area contributed by atoms with E-state index in [0.717, 1.165) is 12.4 Å². The Hall–Kier alpha value is -1.000. The number of thiophene rings is 1. The van der Waals surface area contributed by atoms with Crippen LogP contribution in [0.2, 0.25) is 0 Å². The highest BCUT2D eigenvalue weighted by Gasteiger charge is 2.06. The number of anilines is 1. The molecule has 5 heteroatoms. The van der Waals surface area contributed by atoms with Gasteiger partial charge in [0, 0.05) is 22.7 Å². The van der Waals surface area contributed by atoms with Gasteiger partial charge in [-0.25, -0.2) is 0 Å². The van der Waals surface area contributed by atoms with Crippen molar-refractivity contribution < 1.29 is 0 Å². The molecule has 0 aromatic carbocycles. The van der Waals surface area contributed by atoms with Crippen LogP contribution in [-0.4, -0.2) is 9.78 Å². The molecule has 0 fully saturated rings. The van der Waals surface area contributed by atoms with Gasteiger partial charge in [-0.3, -0.25) is 4.68 Å². The zero-order valence-corrected chi connectivity index (χ0v) is 11.9. The molecule has 0 saturated heterocycles. The summed E-state index contributed by atoms with van der Waals surface area (Å²) in [4.78, 5) is 1.33. The van der Waals surface area contributed by atoms with Crippen LogP contribution in [0.25, 0.3) is 0 Å². The molecule has 1 N–H and O–H groups in total. The molecule has 0 spiro atoms. The number of hydrogen-bond donors (Lipinski definition) is 1. The van der Waals surface area contributed by atoms with Gasteiger partial charge in [0.15, 0.2) is 5.82 Å². The molecular weight excluding hydrogens is 254 g/mol. The van der Waals surface area contributed by atoms with E-state index in [1.54, 1.807) is 11.3 Å². The Bertz CT molecular complexity index is 448. The summed E-state index contributed by atoms with van der Waals surface area (Å²) in [6, 6.07) is 4.62. The highest BCUT2D eigenvalue weighted by Crippen LogP contribution is 2.17. The first-order chi connectivity index (χ1) is 7.66. The number of nitrogens with zero attached hydrogens (tertiary/aromatic N) is 2. The minimum Gasteiger partial charge on any atom is -0.363 e. The third-order valence-electron chi connectivity index (χ3n) is 2.45. The monoisotopic (exact) mass is 271 g/mol. The molecule has 2 rings (SSSR count). The fourth-order valence-electron chi connectivity index (χ4n) is 1.51. The predicted octanol–water partition coefficient (Wildman–Crippen LogP) is 3.87. The van der Waals surface area contributed by atoms with Gasteiger partial charge in [0.25, 0.3) is 0 Å². The van der Waals surface area contributed by atoms with Crippen molar-refractivity contribution in [1.29, 1.82) is 0 Å². The third kappa shape index (κ3) is 3.48. The molecule has 3 nitrogen and oxygen atoms in total. The molecular formula is C12H18ClN3S. The molecule has 0 bridgehead atoms. The maximum absolute atomic E-state index is 4.52. The van der Waals surface area contributed by atoms with E-state index in [2.05, 4.69) is 54.9 Å². The van der Waals surface area contributed by atoms with E-state index in [4.69, 9.17) is 0 Å². The summed E-state index contributed by atoms with van der Waals surface area (Å²) in [5.41, 5.74) is 1.20. The Kier molecular flexibility index (Phi) is 5.02. The highest BCUT2D eigenvalue weighted by molar-refractivity contribution is 7.09. The van der Waals surface area contributed by atoms with Gasteiger partial charge >= 0.3 is 0 Å². The van der Waals surface area contributed by atoms with Crippen molar-refractivity contribution in [3.05, 3.63) is 34.2 Å². The number of aromatic nitrogens is 2. The standard InChI is InChI=1S/C12H17N3S.ClH/c1-9(2)15-8-10(3)12(14-15)13-7-11-5-4-6-16-11;/h4-6,8-9H,7H2,1-3H3,(H,13,14);1H. The number of nitrogens with one attached hydrogen (secondary N) is 1. The first-order valence-corrected chi connectivity index (χ1v) is 6.37. The van der Waals surface area contributed by atoms with Crippen LogP contribution in [0.1, 0.15) is 30.3 Å². The van der Waals surface area contributed by atoms with Crippen molar-refractivity contribution in [3.8, 4) is 0 Å². The highest BCUT2D eigenvalue weighted by atomic mass is 35.5. The lowest BCUT2D eigenvalue weighted by molar-refractivity contribution is 0.533. The Morgan fingerprint density at radius 1 is 1.47 bits per heavy atom. The maximum Gasteiger partial charge on any atom is 0.151 e. The van der Waals surface area contributed by atoms with Crippen LogP contribution >= 0.6 is 23.7 Å². The van der Waals surface area contributed by atoms with Gasteiger partial charge in [-0.2, -0.15) is 5.10 Å². The smallest absolute Gasteiger partial charge is 0.151 e. The van der Waals surface area contributed by atoms with E-state index in [1.165, 1.54) is 10.4 Å². The molecule has 0 radical (unpaired) electrons. The lowest BCUT2D eigenvalue weighted by Gasteiger charge is -2.04. The molecule has 2 heterocycles. The average Bonchev–Trinajstić information content (AvgIpc) is 2.84. The largest absolute Gasteiger partial charge is 0.363 e. The second-order valence-electron chi connectivity index (χ2n) is 4.17. The first kappa shape index (κ1) is 14.1. The maximum atomic E-state index is 4.52. The molecule has 0 saturated carbocycles. The normalized spacial score (nSPS) is 10.4. The second kappa shape index (κ2) is 6.07. The predicted molar refractivity (Wildman–Crippen MR) is 76.2 cm³/mol. The summed E-state index contributed by atoms with van der Waals surface area (Å²) in [5.74, 6) is 0.988. The minimum atomic E-state index is 0. The third-order valence-corrected chi connectivity index (χ3v) is 3.33. The van der Waals surface area contributed by atoms with Crippen LogP contribution in [-0.2, 0) is 6.54 Å². The molecule has 0 unspecified atom stereocenters. The van der Waals surface area contributed by atoms with Crippen LogP contribution in [0.4, 0.5) is 5.82 Å². The minimum absolute atomic E-state index is 0. The van der Waals surface area contributed by atoms with Gasteiger partial charge in [-0.15, -0.1) is 23.7 Å². The van der Waals surface area contributed by atoms with Gasteiger partial charge < -0.3 is 5.32 Å². The zero-order chi connectivity index (χ0) is 11.5. The summed E-state index contributed by atoms with van der Waals surface area (Å²) in [6.07, 6.45) is 2.08. The average molecular weight is 272 g/mol. The Balaban J connectivity index is 0.00000144. The summed E-state index contributed by atoms with van der Waals surface area (Å²) in [6.45, 7) is 7.21. The van der Waals surface area contributed by atoms with Crippen molar-refractivity contribution in [2.75, 3.05) is 5.32 Å². The van der Waals surface area contributed by atoms with Crippen molar-refractivity contribution >= 4 is 29.6 Å². The SMILES string of the molecule is Cc1cn(C(C)C)nc1NCc1cccs1.Cl. The lowest BCUT2D eigenvalue weighted by Crippen LogP contribution is -2.03. The van der Waals surface area contributed by atoms with Crippen molar-refractivity contribution in [1.82, 2.24) is 9.78 Å². The number of rotatable bonds is 4. The number of hydrogen-bond acceptors (Lipinski definition) is 3. The molecule has 94 valence electrons. The number of halogens is 1. The van der Waals surface area contributed by atoms with E-state index in [1.807, 2.05) is 4.68 Å². The van der Waals surface area contributed by atoms with Gasteiger partial charge in [0.1, 0.15) is 0 Å². The molecule has 0 amide bonds. The zero-order valence-electron chi connectivity index (χ0n) is 10.3. The lowest BCUT2D eigenvalue weighted by atomic mass is 10.3. The van der Waals surface area contributed by atoms with Crippen molar-refractivity contribution in [2.45, 2.75) is 33.4 Å². The molecule has 0 atom stereocenters. The first-order valence-electron chi connectivity index (χ1n) is 5.49. The summed E-state index contributed by atoms with van der Waals surface area (Å²) >= 11 is 1.76. The van der Waals surface area contributed by atoms with Crippen LogP contribution in [0.3, 0.4) is 0 Å². The quantitative estimate of drug-likeness (QED) is 0.915. The summed E-state index contributed by atoms with van der Waals surface area (Å²) in [5, 5.41) is 9.98. The second-order valence-corrected chi connectivity index (χ2v) is 5.20. The molecule has 0 aliphatic heterocycles. The van der Waals surface area contributed by atoms with Crippen LogP contribution in [0, 0.1) is 6.92 Å². The van der Waals surface area contributed by atoms with Gasteiger partial charge in [-0.05, 0) is 32.2 Å². The topological polar surface area (TPSA) is 29.9 Å². The van der Waals surface area contributed by atoms with E-state index < -0.39 is 0 Å². The van der Waals surface area contributed by atoms with Gasteiger partial charge in [-0.1, -0.05) is 6.07 Å². The van der Waals surface area contributed by atoms with Crippen molar-refractivity contribution in [3.63, 3.8) is 0 Å². The Labute approximate surface area is 112 Å². The van der Waals surface area contributed by atoms with Crippen LogP contribution in [0.15, 0.2) is 23.7 Å². The van der Waals surface area contributed by atoms with Gasteiger partial charge in [0.05, 0.1) is 6.54 Å². The molecule has 17 heavy (non-hydrogen) atoms.